The lowest BCUT2D eigenvalue weighted by Crippen LogP contribution is -2.31. The first kappa shape index (κ1) is 15.4. The lowest BCUT2D eigenvalue weighted by Gasteiger charge is -2.16. The van der Waals surface area contributed by atoms with E-state index in [-0.39, 0.29) is 23.7 Å². The molecule has 0 radical (unpaired) electrons. The molecule has 2 N–H and O–H groups in total. The van der Waals surface area contributed by atoms with Gasteiger partial charge in [0.15, 0.2) is 5.69 Å². The van der Waals surface area contributed by atoms with Crippen molar-refractivity contribution in [1.29, 1.82) is 0 Å². The third-order valence-corrected chi connectivity index (χ3v) is 5.40. The van der Waals surface area contributed by atoms with Gasteiger partial charge in [0.1, 0.15) is 4.90 Å². The second-order valence-corrected chi connectivity index (χ2v) is 6.58. The van der Waals surface area contributed by atoms with Crippen LogP contribution in [0.25, 0.3) is 0 Å². The van der Waals surface area contributed by atoms with E-state index in [1.54, 1.807) is 0 Å². The van der Waals surface area contributed by atoms with Crippen molar-refractivity contribution in [3.8, 4) is 0 Å². The summed E-state index contributed by atoms with van der Waals surface area (Å²) in [4.78, 5) is 22.2. The summed E-state index contributed by atoms with van der Waals surface area (Å²) in [7, 11) is -2.79. The van der Waals surface area contributed by atoms with E-state index >= 15 is 0 Å². The fourth-order valence-electron chi connectivity index (χ4n) is 2.31. The highest BCUT2D eigenvalue weighted by atomic mass is 32.2. The van der Waals surface area contributed by atoms with Gasteiger partial charge >= 0.3 is 11.9 Å². The number of nitrogens with zero attached hydrogens (tertiary/aromatic N) is 2. The van der Waals surface area contributed by atoms with Gasteiger partial charge in [-0.1, -0.05) is 0 Å². The predicted molar refractivity (Wildman–Crippen MR) is 69.2 cm³/mol. The van der Waals surface area contributed by atoms with Crippen LogP contribution in [0.1, 0.15) is 22.6 Å². The largest absolute Gasteiger partial charge is 0.476 e. The van der Waals surface area contributed by atoms with Crippen molar-refractivity contribution in [2.45, 2.75) is 18.2 Å². The molecule has 1 aromatic rings. The number of rotatable bonds is 4. The third kappa shape index (κ3) is 2.63. The summed E-state index contributed by atoms with van der Waals surface area (Å²) in [6, 6.07) is 0. The van der Waals surface area contributed by atoms with E-state index in [0.717, 1.165) is 4.31 Å². The number of carboxylic acid groups (broad SMARTS) is 1. The molecule has 2 rings (SSSR count). The summed E-state index contributed by atoms with van der Waals surface area (Å²) in [5.74, 6) is -2.44. The fourth-order valence-corrected chi connectivity index (χ4v) is 4.10. The molecule has 10 heteroatoms. The number of aromatic carboxylic acids is 1. The van der Waals surface area contributed by atoms with Crippen molar-refractivity contribution in [2.24, 2.45) is 5.92 Å². The van der Waals surface area contributed by atoms with Crippen LogP contribution < -0.4 is 0 Å². The van der Waals surface area contributed by atoms with Crippen molar-refractivity contribution in [2.75, 3.05) is 20.2 Å². The topological polar surface area (TPSA) is 130 Å². The number of esters is 1. The minimum absolute atomic E-state index is 0.0291. The number of aryl methyl sites for hydroxylation is 1. The fraction of sp³-hybridized carbons (Fsp3) is 0.545. The Morgan fingerprint density at radius 2 is 2.14 bits per heavy atom. The lowest BCUT2D eigenvalue weighted by molar-refractivity contribution is -0.144. The van der Waals surface area contributed by atoms with Crippen molar-refractivity contribution < 1.29 is 27.9 Å². The zero-order valence-electron chi connectivity index (χ0n) is 11.5. The number of carbonyl (C=O) groups is 2. The summed E-state index contributed by atoms with van der Waals surface area (Å²) in [5.41, 5.74) is -0.400. The minimum atomic E-state index is -4.03. The predicted octanol–water partition coefficient (Wildman–Crippen LogP) is -0.400. The van der Waals surface area contributed by atoms with Crippen LogP contribution in [-0.4, -0.2) is 60.2 Å². The van der Waals surface area contributed by atoms with Crippen LogP contribution in [0.4, 0.5) is 0 Å². The maximum absolute atomic E-state index is 12.5. The van der Waals surface area contributed by atoms with E-state index in [1.807, 2.05) is 0 Å². The van der Waals surface area contributed by atoms with E-state index in [0.29, 0.717) is 6.42 Å². The summed E-state index contributed by atoms with van der Waals surface area (Å²) in [6.07, 6.45) is 0.338. The molecule has 0 bridgehead atoms. The normalized spacial score (nSPS) is 19.6. The van der Waals surface area contributed by atoms with E-state index in [9.17, 15) is 18.0 Å². The van der Waals surface area contributed by atoms with E-state index in [1.165, 1.54) is 14.0 Å². The number of H-pyrrole nitrogens is 1. The molecule has 0 spiro atoms. The molecule has 1 aliphatic rings. The zero-order chi connectivity index (χ0) is 15.8. The van der Waals surface area contributed by atoms with Crippen LogP contribution in [0, 0.1) is 12.8 Å². The molecule has 0 amide bonds. The SMILES string of the molecule is COC(=O)C1CCN(S(=O)(=O)c2c(C(=O)O)n[nH]c2C)C1. The highest BCUT2D eigenvalue weighted by molar-refractivity contribution is 7.89. The Morgan fingerprint density at radius 1 is 1.48 bits per heavy atom. The first-order chi connectivity index (χ1) is 9.78. The molecule has 1 aliphatic heterocycles. The average molecular weight is 317 g/mol. The molecule has 1 fully saturated rings. The Morgan fingerprint density at radius 3 is 2.71 bits per heavy atom. The van der Waals surface area contributed by atoms with E-state index < -0.39 is 33.6 Å². The van der Waals surface area contributed by atoms with Crippen molar-refractivity contribution in [3.63, 3.8) is 0 Å². The van der Waals surface area contributed by atoms with E-state index in [2.05, 4.69) is 14.9 Å². The zero-order valence-corrected chi connectivity index (χ0v) is 12.3. The van der Waals surface area contributed by atoms with Crippen LogP contribution >= 0.6 is 0 Å². The number of nitrogens with one attached hydrogen (secondary N) is 1. The summed E-state index contributed by atoms with van der Waals surface area (Å²) >= 11 is 0. The molecule has 0 saturated carbocycles. The Hall–Kier alpha value is -1.94. The number of aromatic amines is 1. The van der Waals surface area contributed by atoms with Gasteiger partial charge in [0.2, 0.25) is 10.0 Å². The molecule has 9 nitrogen and oxygen atoms in total. The van der Waals surface area contributed by atoms with Gasteiger partial charge in [-0.3, -0.25) is 9.89 Å². The first-order valence-electron chi connectivity index (χ1n) is 6.15. The average Bonchev–Trinajstić information content (AvgIpc) is 3.04. The number of carbonyl (C=O) groups excluding carboxylic acids is 1. The molecule has 21 heavy (non-hydrogen) atoms. The summed E-state index contributed by atoms with van der Waals surface area (Å²) in [5, 5.41) is 14.9. The minimum Gasteiger partial charge on any atom is -0.476 e. The maximum atomic E-state index is 12.5. The van der Waals surface area contributed by atoms with Crippen molar-refractivity contribution in [1.82, 2.24) is 14.5 Å². The van der Waals surface area contributed by atoms with Gasteiger partial charge in [-0.25, -0.2) is 13.2 Å². The van der Waals surface area contributed by atoms with Crippen molar-refractivity contribution in [3.05, 3.63) is 11.4 Å². The molecule has 2 heterocycles. The monoisotopic (exact) mass is 317 g/mol. The summed E-state index contributed by atoms with van der Waals surface area (Å²) in [6.45, 7) is 1.53. The second kappa shape index (κ2) is 5.45. The van der Waals surface area contributed by atoms with Gasteiger partial charge in [0, 0.05) is 13.1 Å². The van der Waals surface area contributed by atoms with Crippen LogP contribution in [-0.2, 0) is 19.6 Å². The quantitative estimate of drug-likeness (QED) is 0.723. The highest BCUT2D eigenvalue weighted by Crippen LogP contribution is 2.28. The second-order valence-electron chi connectivity index (χ2n) is 4.70. The standard InChI is InChI=1S/C11H15N3O6S/c1-6-9(8(10(15)16)13-12-6)21(18,19)14-4-3-7(5-14)11(17)20-2/h7H,3-5H2,1-2H3,(H,12,13)(H,15,16). The van der Waals surface area contributed by atoms with Crippen LogP contribution in [0.15, 0.2) is 4.90 Å². The number of sulfonamides is 1. The number of hydrogen-bond donors (Lipinski definition) is 2. The number of ether oxygens (including phenoxy) is 1. The Bertz CT molecular complexity index is 680. The third-order valence-electron chi connectivity index (χ3n) is 3.38. The molecular weight excluding hydrogens is 302 g/mol. The number of carboxylic acids is 1. The van der Waals surface area contributed by atoms with Gasteiger partial charge in [-0.2, -0.15) is 9.40 Å². The van der Waals surface area contributed by atoms with Gasteiger partial charge in [0.05, 0.1) is 18.7 Å². The smallest absolute Gasteiger partial charge is 0.357 e. The van der Waals surface area contributed by atoms with Gasteiger partial charge in [-0.05, 0) is 13.3 Å². The maximum Gasteiger partial charge on any atom is 0.357 e. The van der Waals surface area contributed by atoms with Crippen LogP contribution in [0.5, 0.6) is 0 Å². The van der Waals surface area contributed by atoms with Gasteiger partial charge < -0.3 is 9.84 Å². The Kier molecular flexibility index (Phi) is 4.01. The molecule has 116 valence electrons. The van der Waals surface area contributed by atoms with Crippen LogP contribution in [0.2, 0.25) is 0 Å². The van der Waals surface area contributed by atoms with Gasteiger partial charge in [0.25, 0.3) is 0 Å². The number of methoxy groups -OCH3 is 1. The molecule has 1 saturated heterocycles. The molecule has 0 aliphatic carbocycles. The molecule has 1 unspecified atom stereocenters. The van der Waals surface area contributed by atoms with Crippen molar-refractivity contribution >= 4 is 22.0 Å². The van der Waals surface area contributed by atoms with Gasteiger partial charge in [-0.15, -0.1) is 0 Å². The molecular formula is C11H15N3O6S. The lowest BCUT2D eigenvalue weighted by atomic mass is 10.1. The van der Waals surface area contributed by atoms with E-state index in [4.69, 9.17) is 5.11 Å². The Labute approximate surface area is 120 Å². The van der Waals surface area contributed by atoms with Crippen LogP contribution in [0.3, 0.4) is 0 Å². The summed E-state index contributed by atoms with van der Waals surface area (Å²) < 4.78 is 30.8. The first-order valence-corrected chi connectivity index (χ1v) is 7.59. The Balaban J connectivity index is 2.34. The highest BCUT2D eigenvalue weighted by Gasteiger charge is 2.39. The number of aromatic nitrogens is 2. The number of hydrogen-bond acceptors (Lipinski definition) is 6. The molecule has 0 aromatic carbocycles. The molecule has 1 atom stereocenters. The molecule has 1 aromatic heterocycles.